The van der Waals surface area contributed by atoms with Gasteiger partial charge >= 0.3 is 5.69 Å². The number of aromatic amines is 1. The summed E-state index contributed by atoms with van der Waals surface area (Å²) in [5, 5.41) is 0.0917. The topological polar surface area (TPSA) is 87.6 Å². The fourth-order valence-corrected chi connectivity index (χ4v) is 5.57. The molecule has 0 spiro atoms. The summed E-state index contributed by atoms with van der Waals surface area (Å²) < 4.78 is 22.5. The average Bonchev–Trinajstić information content (AvgIpc) is 2.86. The smallest absolute Gasteiger partial charge is 0.328 e. The van der Waals surface area contributed by atoms with Crippen LogP contribution in [0.25, 0.3) is 0 Å². The van der Waals surface area contributed by atoms with Gasteiger partial charge in [0.15, 0.2) is 8.32 Å². The highest BCUT2D eigenvalue weighted by atomic mass is 28.4. The van der Waals surface area contributed by atoms with Gasteiger partial charge in [-0.2, -0.15) is 0 Å². The molecule has 1 saturated heterocycles. The van der Waals surface area contributed by atoms with E-state index in [2.05, 4.69) is 50.7 Å². The predicted octanol–water partition coefficient (Wildman–Crippen LogP) is 3.84. The number of aryl methyl sites for hydroxylation is 1. The molecule has 3 rings (SSSR count). The van der Waals surface area contributed by atoms with E-state index in [1.54, 1.807) is 4.90 Å². The summed E-state index contributed by atoms with van der Waals surface area (Å²) in [6.45, 7) is 18.3. The predicted molar refractivity (Wildman–Crippen MR) is 151 cm³/mol. The van der Waals surface area contributed by atoms with E-state index in [0.717, 1.165) is 17.7 Å². The Labute approximate surface area is 225 Å². The van der Waals surface area contributed by atoms with Gasteiger partial charge in [-0.1, -0.05) is 40.7 Å². The van der Waals surface area contributed by atoms with Crippen LogP contribution in [0.15, 0.2) is 34.0 Å². The fourth-order valence-electron chi connectivity index (χ4n) is 4.51. The SMILES string of the molecule is CCc1c[nH]c(=O)n(Cc2ccc(F)c(C(=O)N3CCN(CC)CC3CCO[Si](C)(C)C(C)(C)C)c2)c1=O. The monoisotopic (exact) mass is 546 g/mol. The number of carbonyl (C=O) groups excluding carboxylic acids is 1. The van der Waals surface area contributed by atoms with Gasteiger partial charge in [0.05, 0.1) is 12.1 Å². The van der Waals surface area contributed by atoms with Crippen molar-refractivity contribution in [3.8, 4) is 0 Å². The Balaban J connectivity index is 1.84. The lowest BCUT2D eigenvalue weighted by Gasteiger charge is -2.42. The number of piperazine rings is 1. The van der Waals surface area contributed by atoms with Gasteiger partial charge in [0.1, 0.15) is 5.82 Å². The summed E-state index contributed by atoms with van der Waals surface area (Å²) in [7, 11) is -1.93. The Morgan fingerprint density at radius 3 is 2.53 bits per heavy atom. The molecule has 1 fully saturated rings. The Morgan fingerprint density at radius 1 is 1.18 bits per heavy atom. The van der Waals surface area contributed by atoms with Crippen LogP contribution in [-0.2, 0) is 17.4 Å². The maximum absolute atomic E-state index is 15.0. The lowest BCUT2D eigenvalue weighted by atomic mass is 10.0. The Kier molecular flexibility index (Phi) is 9.54. The van der Waals surface area contributed by atoms with E-state index < -0.39 is 19.8 Å². The number of hydrogen-bond acceptors (Lipinski definition) is 5. The molecule has 1 aromatic carbocycles. The van der Waals surface area contributed by atoms with Crippen molar-refractivity contribution in [2.45, 2.75) is 78.2 Å². The number of nitrogens with zero attached hydrogens (tertiary/aromatic N) is 3. The first-order valence-electron chi connectivity index (χ1n) is 13.6. The number of benzene rings is 1. The second kappa shape index (κ2) is 12.1. The third kappa shape index (κ3) is 6.70. The maximum atomic E-state index is 15.0. The summed E-state index contributed by atoms with van der Waals surface area (Å²) in [6.07, 6.45) is 2.57. The molecule has 1 aliphatic heterocycles. The zero-order valence-electron chi connectivity index (χ0n) is 23.9. The number of nitrogens with one attached hydrogen (secondary N) is 1. The number of aromatic nitrogens is 2. The first-order valence-corrected chi connectivity index (χ1v) is 16.5. The first kappa shape index (κ1) is 30.0. The van der Waals surface area contributed by atoms with Gasteiger partial charge in [0, 0.05) is 44.0 Å². The van der Waals surface area contributed by atoms with Crippen LogP contribution in [0, 0.1) is 5.82 Å². The van der Waals surface area contributed by atoms with Crippen molar-refractivity contribution < 1.29 is 13.6 Å². The molecule has 1 aliphatic rings. The minimum Gasteiger partial charge on any atom is -0.417 e. The number of hydrogen-bond donors (Lipinski definition) is 1. The van der Waals surface area contributed by atoms with Gasteiger partial charge in [-0.3, -0.25) is 19.1 Å². The minimum atomic E-state index is -1.93. The average molecular weight is 547 g/mol. The quantitative estimate of drug-likeness (QED) is 0.483. The maximum Gasteiger partial charge on any atom is 0.328 e. The van der Waals surface area contributed by atoms with Crippen molar-refractivity contribution in [1.29, 1.82) is 0 Å². The van der Waals surface area contributed by atoms with Gasteiger partial charge in [-0.25, -0.2) is 9.18 Å². The molecule has 1 amide bonds. The molecule has 38 heavy (non-hydrogen) atoms. The van der Waals surface area contributed by atoms with Crippen LogP contribution in [0.3, 0.4) is 0 Å². The van der Waals surface area contributed by atoms with Gasteiger partial charge in [0.25, 0.3) is 11.5 Å². The molecule has 1 N–H and O–H groups in total. The second-order valence-electron chi connectivity index (χ2n) is 11.6. The molecular weight excluding hydrogens is 503 g/mol. The van der Waals surface area contributed by atoms with Crippen LogP contribution in [0.5, 0.6) is 0 Å². The molecular formula is C28H43FN4O4Si. The molecule has 0 radical (unpaired) electrons. The van der Waals surface area contributed by atoms with Crippen LogP contribution in [0.4, 0.5) is 4.39 Å². The van der Waals surface area contributed by atoms with Gasteiger partial charge < -0.3 is 14.3 Å². The molecule has 1 aromatic heterocycles. The number of halogens is 1. The highest BCUT2D eigenvalue weighted by Crippen LogP contribution is 2.36. The molecule has 1 atom stereocenters. The number of H-pyrrole nitrogens is 1. The molecule has 10 heteroatoms. The highest BCUT2D eigenvalue weighted by Gasteiger charge is 2.38. The van der Waals surface area contributed by atoms with E-state index >= 15 is 0 Å². The van der Waals surface area contributed by atoms with Crippen molar-refractivity contribution >= 4 is 14.2 Å². The molecule has 2 heterocycles. The largest absolute Gasteiger partial charge is 0.417 e. The van der Waals surface area contributed by atoms with Crippen molar-refractivity contribution in [3.63, 3.8) is 0 Å². The fraction of sp³-hybridized carbons (Fsp3) is 0.607. The summed E-state index contributed by atoms with van der Waals surface area (Å²) in [6, 6.07) is 4.12. The van der Waals surface area contributed by atoms with Gasteiger partial charge in [0.2, 0.25) is 0 Å². The van der Waals surface area contributed by atoms with Gasteiger partial charge in [-0.15, -0.1) is 0 Å². The number of carbonyl (C=O) groups is 1. The summed E-state index contributed by atoms with van der Waals surface area (Å²) >= 11 is 0. The lowest BCUT2D eigenvalue weighted by Crippen LogP contribution is -2.55. The van der Waals surface area contributed by atoms with Crippen LogP contribution < -0.4 is 11.2 Å². The van der Waals surface area contributed by atoms with Crippen LogP contribution in [0.2, 0.25) is 18.1 Å². The van der Waals surface area contributed by atoms with Crippen LogP contribution in [0.1, 0.15) is 62.5 Å². The molecule has 0 aliphatic carbocycles. The third-order valence-electron chi connectivity index (χ3n) is 8.11. The van der Waals surface area contributed by atoms with Crippen LogP contribution in [-0.4, -0.2) is 72.4 Å². The highest BCUT2D eigenvalue weighted by molar-refractivity contribution is 6.74. The van der Waals surface area contributed by atoms with Crippen molar-refractivity contribution in [1.82, 2.24) is 19.4 Å². The molecule has 210 valence electrons. The number of amides is 1. The molecule has 2 aromatic rings. The zero-order chi connectivity index (χ0) is 28.3. The van der Waals surface area contributed by atoms with E-state index in [0.29, 0.717) is 43.7 Å². The van der Waals surface area contributed by atoms with Gasteiger partial charge in [-0.05, 0) is 55.2 Å². The molecule has 1 unspecified atom stereocenters. The lowest BCUT2D eigenvalue weighted by molar-refractivity contribution is 0.0408. The van der Waals surface area contributed by atoms with Crippen molar-refractivity contribution in [2.24, 2.45) is 0 Å². The third-order valence-corrected chi connectivity index (χ3v) is 12.7. The molecule has 8 nitrogen and oxygen atoms in total. The molecule has 0 saturated carbocycles. The summed E-state index contributed by atoms with van der Waals surface area (Å²) in [4.78, 5) is 45.3. The zero-order valence-corrected chi connectivity index (χ0v) is 24.9. The van der Waals surface area contributed by atoms with E-state index in [9.17, 15) is 18.8 Å². The normalized spacial score (nSPS) is 17.2. The standard InChI is InChI=1S/C28H43FN4O4Si/c1-8-21-17-30-27(36)33(25(21)34)18-20-10-11-24(29)23(16-20)26(35)32-14-13-31(9-2)19-22(32)12-15-37-38(6,7)28(3,4)5/h10-11,16-17,22H,8-9,12-15,18-19H2,1-7H3,(H,30,36). The Hall–Kier alpha value is -2.56. The van der Waals surface area contributed by atoms with E-state index in [1.807, 2.05) is 6.92 Å². The summed E-state index contributed by atoms with van der Waals surface area (Å²) in [5.74, 6) is -0.988. The first-order chi connectivity index (χ1) is 17.8. The molecule has 0 bridgehead atoms. The minimum absolute atomic E-state index is 0.0427. The Bertz CT molecular complexity index is 1250. The van der Waals surface area contributed by atoms with E-state index in [4.69, 9.17) is 4.43 Å². The summed E-state index contributed by atoms with van der Waals surface area (Å²) in [5.41, 5.74) is 0.0341. The van der Waals surface area contributed by atoms with Crippen molar-refractivity contribution in [2.75, 3.05) is 32.8 Å². The van der Waals surface area contributed by atoms with Crippen LogP contribution >= 0.6 is 0 Å². The van der Waals surface area contributed by atoms with Crippen molar-refractivity contribution in [3.05, 3.63) is 67.7 Å². The second-order valence-corrected chi connectivity index (χ2v) is 16.4. The van der Waals surface area contributed by atoms with E-state index in [-0.39, 0.29) is 34.7 Å². The Morgan fingerprint density at radius 2 is 1.89 bits per heavy atom. The number of likely N-dealkylation sites (N-methyl/N-ethyl adjacent to an activating group) is 1. The van der Waals surface area contributed by atoms with E-state index in [1.165, 1.54) is 24.4 Å². The number of rotatable bonds is 9.